The molecule has 3 aromatic rings. The fourth-order valence-electron chi connectivity index (χ4n) is 2.29. The number of carbonyl (C=O) groups excluding carboxylic acids is 1. The molecule has 26 heavy (non-hydrogen) atoms. The van der Waals surface area contributed by atoms with Gasteiger partial charge in [0.15, 0.2) is 11.7 Å². The summed E-state index contributed by atoms with van der Waals surface area (Å²) in [5, 5.41) is 1.49. The highest BCUT2D eigenvalue weighted by Gasteiger charge is 2.20. The minimum atomic E-state index is -0.239. The number of amides is 1. The smallest absolute Gasteiger partial charge is 0.266 e. The van der Waals surface area contributed by atoms with Gasteiger partial charge in [-0.15, -0.1) is 0 Å². The van der Waals surface area contributed by atoms with Crippen molar-refractivity contribution in [3.05, 3.63) is 52.5 Å². The summed E-state index contributed by atoms with van der Waals surface area (Å²) in [6.45, 7) is 0.584. The average Bonchev–Trinajstić information content (AvgIpc) is 3.06. The molecule has 0 unspecified atom stereocenters. The lowest BCUT2D eigenvalue weighted by molar-refractivity contribution is -0.120. The molecule has 0 aliphatic rings. The predicted molar refractivity (Wildman–Crippen MR) is 106 cm³/mol. The number of halogens is 2. The van der Waals surface area contributed by atoms with Crippen molar-refractivity contribution >= 4 is 55.8 Å². The van der Waals surface area contributed by atoms with Crippen molar-refractivity contribution in [3.8, 4) is 5.75 Å². The first-order valence-corrected chi connectivity index (χ1v) is 9.38. The van der Waals surface area contributed by atoms with E-state index < -0.39 is 0 Å². The highest BCUT2D eigenvalue weighted by atomic mass is 35.5. The van der Waals surface area contributed by atoms with Crippen LogP contribution in [0.1, 0.15) is 0 Å². The van der Waals surface area contributed by atoms with Crippen LogP contribution in [-0.4, -0.2) is 37.8 Å². The molecular formula is C18H16Cl2N2O3S. The monoisotopic (exact) mass is 410 g/mol. The second-order valence-electron chi connectivity index (χ2n) is 5.37. The maximum Gasteiger partial charge on any atom is 0.266 e. The molecule has 0 N–H and O–H groups in total. The van der Waals surface area contributed by atoms with Crippen LogP contribution < -0.4 is 9.64 Å². The Bertz CT molecular complexity index is 883. The molecule has 1 aromatic heterocycles. The molecule has 5 nitrogen and oxygen atoms in total. The Morgan fingerprint density at radius 3 is 2.81 bits per heavy atom. The number of nitrogens with zero attached hydrogens (tertiary/aromatic N) is 2. The summed E-state index contributed by atoms with van der Waals surface area (Å²) in [7, 11) is 1.59. The van der Waals surface area contributed by atoms with E-state index in [1.165, 1.54) is 11.3 Å². The first-order chi connectivity index (χ1) is 12.6. The number of benzene rings is 2. The number of hydrogen-bond acceptors (Lipinski definition) is 5. The van der Waals surface area contributed by atoms with E-state index in [4.69, 9.17) is 32.7 Å². The maximum absolute atomic E-state index is 12.7. The molecule has 1 heterocycles. The van der Waals surface area contributed by atoms with Crippen molar-refractivity contribution in [2.45, 2.75) is 0 Å². The quantitative estimate of drug-likeness (QED) is 0.568. The lowest BCUT2D eigenvalue weighted by atomic mass is 10.3. The second kappa shape index (κ2) is 8.68. The minimum Gasteiger partial charge on any atom is -0.482 e. The lowest BCUT2D eigenvalue weighted by Crippen LogP contribution is -2.37. The van der Waals surface area contributed by atoms with Crippen molar-refractivity contribution in [1.82, 2.24) is 4.98 Å². The Hall–Kier alpha value is -1.86. The average molecular weight is 411 g/mol. The third-order valence-corrected chi connectivity index (χ3v) is 5.18. The molecule has 0 atom stereocenters. The Labute approximate surface area is 165 Å². The molecule has 0 aliphatic carbocycles. The number of methoxy groups -OCH3 is 1. The van der Waals surface area contributed by atoms with E-state index in [2.05, 4.69) is 4.98 Å². The van der Waals surface area contributed by atoms with Crippen molar-refractivity contribution in [1.29, 1.82) is 0 Å². The fourth-order valence-corrected chi connectivity index (χ4v) is 3.63. The predicted octanol–water partition coefficient (Wildman–Crippen LogP) is 4.66. The van der Waals surface area contributed by atoms with Gasteiger partial charge in [0.1, 0.15) is 5.75 Å². The van der Waals surface area contributed by atoms with Crippen LogP contribution in [0.5, 0.6) is 5.75 Å². The van der Waals surface area contributed by atoms with Crippen LogP contribution in [0.3, 0.4) is 0 Å². The van der Waals surface area contributed by atoms with E-state index in [9.17, 15) is 4.79 Å². The summed E-state index contributed by atoms with van der Waals surface area (Å²) in [5.41, 5.74) is 0.849. The lowest BCUT2D eigenvalue weighted by Gasteiger charge is -2.19. The molecule has 0 spiro atoms. The Kier molecular flexibility index (Phi) is 6.32. The molecule has 0 bridgehead atoms. The van der Waals surface area contributed by atoms with Crippen LogP contribution in [0.2, 0.25) is 10.0 Å². The van der Waals surface area contributed by atoms with Gasteiger partial charge in [-0.2, -0.15) is 0 Å². The molecule has 3 rings (SSSR count). The van der Waals surface area contributed by atoms with Crippen LogP contribution in [0.15, 0.2) is 42.5 Å². The van der Waals surface area contributed by atoms with Gasteiger partial charge >= 0.3 is 0 Å². The number of carbonyl (C=O) groups is 1. The van der Waals surface area contributed by atoms with Crippen LogP contribution in [0, 0.1) is 0 Å². The summed E-state index contributed by atoms with van der Waals surface area (Å²) >= 11 is 13.5. The molecule has 0 saturated heterocycles. The van der Waals surface area contributed by atoms with E-state index in [0.29, 0.717) is 34.1 Å². The summed E-state index contributed by atoms with van der Waals surface area (Å²) in [5.74, 6) is 0.126. The van der Waals surface area contributed by atoms with E-state index >= 15 is 0 Å². The Morgan fingerprint density at radius 2 is 2.04 bits per heavy atom. The zero-order chi connectivity index (χ0) is 18.5. The molecule has 0 aliphatic heterocycles. The molecule has 0 radical (unpaired) electrons. The molecule has 0 saturated carbocycles. The number of rotatable bonds is 7. The zero-order valence-electron chi connectivity index (χ0n) is 13.9. The number of fused-ring (bicyclic) bond motifs is 1. The van der Waals surface area contributed by atoms with E-state index in [1.54, 1.807) is 30.2 Å². The number of anilines is 1. The van der Waals surface area contributed by atoms with Crippen molar-refractivity contribution in [2.75, 3.05) is 31.8 Å². The highest BCUT2D eigenvalue weighted by molar-refractivity contribution is 7.22. The molecule has 8 heteroatoms. The van der Waals surface area contributed by atoms with Crippen molar-refractivity contribution in [2.24, 2.45) is 0 Å². The number of ether oxygens (including phenoxy) is 2. The Balaban J connectivity index is 1.78. The third kappa shape index (κ3) is 4.45. The van der Waals surface area contributed by atoms with Crippen molar-refractivity contribution in [3.63, 3.8) is 0 Å². The van der Waals surface area contributed by atoms with Crippen molar-refractivity contribution < 1.29 is 14.3 Å². The topological polar surface area (TPSA) is 51.7 Å². The van der Waals surface area contributed by atoms with Gasteiger partial charge < -0.3 is 9.47 Å². The molecule has 1 amide bonds. The molecule has 0 fully saturated rings. The number of para-hydroxylation sites is 1. The summed E-state index contributed by atoms with van der Waals surface area (Å²) in [4.78, 5) is 18.8. The SMILES string of the molecule is COCCN(C(=O)COc1cc(Cl)ccc1Cl)c1nc2ccccc2s1. The first kappa shape index (κ1) is 18.9. The number of hydrogen-bond donors (Lipinski definition) is 0. The highest BCUT2D eigenvalue weighted by Crippen LogP contribution is 2.30. The first-order valence-electron chi connectivity index (χ1n) is 7.81. The maximum atomic E-state index is 12.7. The summed E-state index contributed by atoms with van der Waals surface area (Å²) in [6.07, 6.45) is 0. The van der Waals surface area contributed by atoms with Gasteiger partial charge in [0, 0.05) is 18.2 Å². The number of aromatic nitrogens is 1. The zero-order valence-corrected chi connectivity index (χ0v) is 16.3. The largest absolute Gasteiger partial charge is 0.482 e. The van der Waals surface area contributed by atoms with Gasteiger partial charge in [-0.05, 0) is 24.3 Å². The normalized spacial score (nSPS) is 10.9. The van der Waals surface area contributed by atoms with Crippen LogP contribution in [0.4, 0.5) is 5.13 Å². The third-order valence-electron chi connectivity index (χ3n) is 3.58. The van der Waals surface area contributed by atoms with Gasteiger partial charge in [0.2, 0.25) is 0 Å². The van der Waals surface area contributed by atoms with Gasteiger partial charge in [-0.1, -0.05) is 46.7 Å². The summed E-state index contributed by atoms with van der Waals surface area (Å²) in [6, 6.07) is 12.6. The van der Waals surface area contributed by atoms with Crippen LogP contribution in [-0.2, 0) is 9.53 Å². The molecule has 136 valence electrons. The second-order valence-corrected chi connectivity index (χ2v) is 7.22. The number of thiazole rings is 1. The minimum absolute atomic E-state index is 0.181. The summed E-state index contributed by atoms with van der Waals surface area (Å²) < 4.78 is 11.7. The molecular weight excluding hydrogens is 395 g/mol. The van der Waals surface area contributed by atoms with Gasteiger partial charge in [-0.3, -0.25) is 9.69 Å². The van der Waals surface area contributed by atoms with E-state index in [1.807, 2.05) is 24.3 Å². The van der Waals surface area contributed by atoms with Gasteiger partial charge in [0.25, 0.3) is 5.91 Å². The van der Waals surface area contributed by atoms with Gasteiger partial charge in [0.05, 0.1) is 28.4 Å². The standard InChI is InChI=1S/C18H16Cl2N2O3S/c1-24-9-8-22(18-21-14-4-2-3-5-16(14)26-18)17(23)11-25-15-10-12(19)6-7-13(15)20/h2-7,10H,8-9,11H2,1H3. The van der Waals surface area contributed by atoms with Crippen LogP contribution in [0.25, 0.3) is 10.2 Å². The molecule has 2 aromatic carbocycles. The van der Waals surface area contributed by atoms with E-state index in [0.717, 1.165) is 10.2 Å². The Morgan fingerprint density at radius 1 is 1.23 bits per heavy atom. The van der Waals surface area contributed by atoms with Gasteiger partial charge in [-0.25, -0.2) is 4.98 Å². The fraction of sp³-hybridized carbons (Fsp3) is 0.222. The van der Waals surface area contributed by atoms with Crippen LogP contribution >= 0.6 is 34.5 Å². The van der Waals surface area contributed by atoms with E-state index in [-0.39, 0.29) is 12.5 Å².